The molecule has 0 bridgehead atoms. The third-order valence-electron chi connectivity index (χ3n) is 5.37. The topological polar surface area (TPSA) is 67.7 Å². The van der Waals surface area contributed by atoms with Crippen molar-refractivity contribution in [1.29, 1.82) is 0 Å². The number of aryl methyl sites for hydroxylation is 2. The minimum Gasteiger partial charge on any atom is -0.365 e. The molecule has 3 aromatic rings. The van der Waals surface area contributed by atoms with Gasteiger partial charge in [-0.25, -0.2) is 9.97 Å². The number of aromatic nitrogens is 4. The second kappa shape index (κ2) is 8.10. The van der Waals surface area contributed by atoms with Gasteiger partial charge in [0.25, 0.3) is 0 Å². The summed E-state index contributed by atoms with van der Waals surface area (Å²) < 4.78 is 2.11. The summed E-state index contributed by atoms with van der Waals surface area (Å²) in [4.78, 5) is 9.73. The Bertz CT molecular complexity index is 961. The molecule has 0 fully saturated rings. The van der Waals surface area contributed by atoms with Crippen molar-refractivity contribution >= 4 is 5.82 Å². The summed E-state index contributed by atoms with van der Waals surface area (Å²) in [5, 5.41) is 11.7. The minimum absolute atomic E-state index is 0.729. The van der Waals surface area contributed by atoms with Crippen LogP contribution in [0.1, 0.15) is 41.6 Å². The zero-order chi connectivity index (χ0) is 19.5. The standard InChI is InChI=1S/C22H28N6/c1-4-12-28-16(3)19(15(2)27-28)13-24-22-18-10-11-23-14-20(18)25-21(26-22)17-8-6-5-7-9-17/h5-9,23H,4,10-14H2,1-3H3,(H,24,25,26). The molecule has 146 valence electrons. The largest absolute Gasteiger partial charge is 0.365 e. The minimum atomic E-state index is 0.729. The van der Waals surface area contributed by atoms with Crippen molar-refractivity contribution in [3.63, 3.8) is 0 Å². The van der Waals surface area contributed by atoms with Crippen LogP contribution in [0.15, 0.2) is 30.3 Å². The maximum atomic E-state index is 4.90. The molecule has 0 radical (unpaired) electrons. The number of rotatable bonds is 6. The molecule has 2 aromatic heterocycles. The van der Waals surface area contributed by atoms with Gasteiger partial charge in [0.05, 0.1) is 11.4 Å². The number of hydrogen-bond donors (Lipinski definition) is 2. The first kappa shape index (κ1) is 18.6. The Morgan fingerprint density at radius 3 is 2.75 bits per heavy atom. The van der Waals surface area contributed by atoms with Gasteiger partial charge < -0.3 is 10.6 Å². The van der Waals surface area contributed by atoms with Crippen LogP contribution in [0.5, 0.6) is 0 Å². The Hall–Kier alpha value is -2.73. The molecule has 6 nitrogen and oxygen atoms in total. The van der Waals surface area contributed by atoms with Crippen LogP contribution in [0.3, 0.4) is 0 Å². The van der Waals surface area contributed by atoms with Crippen LogP contribution in [-0.2, 0) is 26.1 Å². The average Bonchev–Trinajstić information content (AvgIpc) is 2.99. The second-order valence-corrected chi connectivity index (χ2v) is 7.34. The predicted octanol–water partition coefficient (Wildman–Crippen LogP) is 3.62. The highest BCUT2D eigenvalue weighted by molar-refractivity contribution is 5.60. The van der Waals surface area contributed by atoms with Crippen molar-refractivity contribution in [2.24, 2.45) is 0 Å². The molecule has 28 heavy (non-hydrogen) atoms. The van der Waals surface area contributed by atoms with Gasteiger partial charge in [0.15, 0.2) is 5.82 Å². The molecule has 4 rings (SSSR count). The van der Waals surface area contributed by atoms with Crippen LogP contribution in [0.25, 0.3) is 11.4 Å². The Kier molecular flexibility index (Phi) is 5.39. The monoisotopic (exact) mass is 376 g/mol. The van der Waals surface area contributed by atoms with E-state index in [1.54, 1.807) is 0 Å². The van der Waals surface area contributed by atoms with Crippen LogP contribution >= 0.6 is 0 Å². The zero-order valence-electron chi connectivity index (χ0n) is 16.9. The van der Waals surface area contributed by atoms with Crippen molar-refractivity contribution < 1.29 is 0 Å². The number of fused-ring (bicyclic) bond motifs is 1. The molecule has 6 heteroatoms. The van der Waals surface area contributed by atoms with Gasteiger partial charge >= 0.3 is 0 Å². The molecule has 0 aliphatic carbocycles. The van der Waals surface area contributed by atoms with E-state index in [-0.39, 0.29) is 0 Å². The quantitative estimate of drug-likeness (QED) is 0.688. The normalized spacial score (nSPS) is 13.4. The highest BCUT2D eigenvalue weighted by Gasteiger charge is 2.19. The van der Waals surface area contributed by atoms with E-state index in [2.05, 4.69) is 48.2 Å². The van der Waals surface area contributed by atoms with Crippen molar-refractivity contribution in [3.05, 3.63) is 58.5 Å². The molecule has 0 amide bonds. The fraction of sp³-hybridized carbons (Fsp3) is 0.409. The van der Waals surface area contributed by atoms with E-state index in [9.17, 15) is 0 Å². The summed E-state index contributed by atoms with van der Waals surface area (Å²) in [6.45, 7) is 9.86. The number of nitrogens with one attached hydrogen (secondary N) is 2. The van der Waals surface area contributed by atoms with Gasteiger partial charge in [-0.2, -0.15) is 5.10 Å². The molecule has 0 saturated carbocycles. The van der Waals surface area contributed by atoms with Gasteiger partial charge in [-0.3, -0.25) is 4.68 Å². The van der Waals surface area contributed by atoms with Crippen LogP contribution in [0, 0.1) is 13.8 Å². The van der Waals surface area contributed by atoms with Crippen LogP contribution in [0.2, 0.25) is 0 Å². The maximum Gasteiger partial charge on any atom is 0.161 e. The summed E-state index contributed by atoms with van der Waals surface area (Å²) in [7, 11) is 0. The molecular formula is C22H28N6. The van der Waals surface area contributed by atoms with Gasteiger partial charge in [0, 0.05) is 42.0 Å². The summed E-state index contributed by atoms with van der Waals surface area (Å²) in [5.41, 5.74) is 6.96. The van der Waals surface area contributed by atoms with E-state index in [0.29, 0.717) is 0 Å². The fourth-order valence-electron chi connectivity index (χ4n) is 3.81. The first-order valence-corrected chi connectivity index (χ1v) is 10.1. The molecule has 0 unspecified atom stereocenters. The van der Waals surface area contributed by atoms with E-state index >= 15 is 0 Å². The van der Waals surface area contributed by atoms with Crippen LogP contribution < -0.4 is 10.6 Å². The Labute approximate surface area is 166 Å². The predicted molar refractivity (Wildman–Crippen MR) is 112 cm³/mol. The highest BCUT2D eigenvalue weighted by Crippen LogP contribution is 2.26. The smallest absolute Gasteiger partial charge is 0.161 e. The first-order chi connectivity index (χ1) is 13.7. The van der Waals surface area contributed by atoms with Gasteiger partial charge in [-0.05, 0) is 33.2 Å². The highest BCUT2D eigenvalue weighted by atomic mass is 15.3. The third kappa shape index (κ3) is 3.64. The summed E-state index contributed by atoms with van der Waals surface area (Å²) in [6, 6.07) is 10.2. The van der Waals surface area contributed by atoms with E-state index < -0.39 is 0 Å². The molecule has 1 aromatic carbocycles. The lowest BCUT2D eigenvalue weighted by Gasteiger charge is -2.21. The Morgan fingerprint density at radius 1 is 1.14 bits per heavy atom. The number of anilines is 1. The summed E-state index contributed by atoms with van der Waals surface area (Å²) in [6.07, 6.45) is 2.03. The molecule has 1 aliphatic rings. The number of hydrogen-bond acceptors (Lipinski definition) is 5. The van der Waals surface area contributed by atoms with E-state index in [1.165, 1.54) is 16.8 Å². The first-order valence-electron chi connectivity index (χ1n) is 10.1. The third-order valence-corrected chi connectivity index (χ3v) is 5.37. The summed E-state index contributed by atoms with van der Waals surface area (Å²) in [5.74, 6) is 1.73. The molecule has 0 atom stereocenters. The van der Waals surface area contributed by atoms with Crippen LogP contribution in [-0.4, -0.2) is 26.3 Å². The van der Waals surface area contributed by atoms with Gasteiger partial charge in [0.1, 0.15) is 5.82 Å². The van der Waals surface area contributed by atoms with E-state index in [1.807, 2.05) is 18.2 Å². The average molecular weight is 377 g/mol. The molecule has 3 heterocycles. The lowest BCUT2D eigenvalue weighted by atomic mass is 10.1. The van der Waals surface area contributed by atoms with Crippen LogP contribution in [0.4, 0.5) is 5.82 Å². The second-order valence-electron chi connectivity index (χ2n) is 7.34. The fourth-order valence-corrected chi connectivity index (χ4v) is 3.81. The van der Waals surface area contributed by atoms with Gasteiger partial charge in [0.2, 0.25) is 0 Å². The lowest BCUT2D eigenvalue weighted by Crippen LogP contribution is -2.26. The number of benzene rings is 1. The van der Waals surface area contributed by atoms with Crippen molar-refractivity contribution in [2.75, 3.05) is 11.9 Å². The van der Waals surface area contributed by atoms with Gasteiger partial charge in [-0.1, -0.05) is 37.3 Å². The van der Waals surface area contributed by atoms with E-state index in [0.717, 1.165) is 67.6 Å². The van der Waals surface area contributed by atoms with Crippen molar-refractivity contribution in [3.8, 4) is 11.4 Å². The van der Waals surface area contributed by atoms with Gasteiger partial charge in [-0.15, -0.1) is 0 Å². The van der Waals surface area contributed by atoms with E-state index in [4.69, 9.17) is 15.1 Å². The lowest BCUT2D eigenvalue weighted by molar-refractivity contribution is 0.582. The molecular weight excluding hydrogens is 348 g/mol. The Morgan fingerprint density at radius 2 is 1.96 bits per heavy atom. The molecule has 0 saturated heterocycles. The SMILES string of the molecule is CCCn1nc(C)c(CNc2nc(-c3ccccc3)nc3c2CCNC3)c1C. The maximum absolute atomic E-state index is 4.90. The number of nitrogens with zero attached hydrogens (tertiary/aromatic N) is 4. The summed E-state index contributed by atoms with van der Waals surface area (Å²) >= 11 is 0. The van der Waals surface area contributed by atoms with Crippen molar-refractivity contribution in [2.45, 2.75) is 53.2 Å². The molecule has 0 spiro atoms. The zero-order valence-corrected chi connectivity index (χ0v) is 16.9. The Balaban J connectivity index is 1.66. The molecule has 2 N–H and O–H groups in total. The van der Waals surface area contributed by atoms with Crippen molar-refractivity contribution in [1.82, 2.24) is 25.1 Å². The molecule has 1 aliphatic heterocycles.